The fourth-order valence-electron chi connectivity index (χ4n) is 2.72. The van der Waals surface area contributed by atoms with Crippen molar-refractivity contribution in [1.29, 1.82) is 0 Å². The molecule has 0 aromatic rings. The van der Waals surface area contributed by atoms with Crippen molar-refractivity contribution in [2.75, 3.05) is 26.8 Å². The van der Waals surface area contributed by atoms with Gasteiger partial charge in [0.1, 0.15) is 0 Å². The molecule has 14 heavy (non-hydrogen) atoms. The lowest BCUT2D eigenvalue weighted by atomic mass is 9.75. The zero-order chi connectivity index (χ0) is 10.4. The molecule has 84 valence electrons. The third-order valence-corrected chi connectivity index (χ3v) is 3.79. The summed E-state index contributed by atoms with van der Waals surface area (Å²) in [6.07, 6.45) is 5.56. The lowest BCUT2D eigenvalue weighted by Gasteiger charge is -2.35. The maximum Gasteiger partial charge on any atom is 0.0493 e. The van der Waals surface area contributed by atoms with Gasteiger partial charge in [0, 0.05) is 20.3 Å². The molecular formula is C12H25NO. The number of ether oxygens (including phenoxy) is 1. The van der Waals surface area contributed by atoms with Crippen LogP contribution in [0.1, 0.15) is 39.5 Å². The van der Waals surface area contributed by atoms with E-state index >= 15 is 0 Å². The monoisotopic (exact) mass is 199 g/mol. The Morgan fingerprint density at radius 3 is 2.50 bits per heavy atom. The second-order valence-corrected chi connectivity index (χ2v) is 4.71. The van der Waals surface area contributed by atoms with E-state index in [1.165, 1.54) is 32.2 Å². The molecule has 2 heteroatoms. The average molecular weight is 199 g/mol. The van der Waals surface area contributed by atoms with E-state index in [9.17, 15) is 0 Å². The van der Waals surface area contributed by atoms with E-state index in [2.05, 4.69) is 19.2 Å². The Bertz CT molecular complexity index is 152. The van der Waals surface area contributed by atoms with Crippen LogP contribution in [0.3, 0.4) is 0 Å². The number of hydrogen-bond acceptors (Lipinski definition) is 2. The van der Waals surface area contributed by atoms with E-state index < -0.39 is 0 Å². The van der Waals surface area contributed by atoms with Gasteiger partial charge in [-0.2, -0.15) is 0 Å². The van der Waals surface area contributed by atoms with Crippen molar-refractivity contribution in [2.24, 2.45) is 11.3 Å². The molecule has 0 bridgehead atoms. The molecule has 0 saturated heterocycles. The molecule has 0 aromatic heterocycles. The summed E-state index contributed by atoms with van der Waals surface area (Å²) in [7, 11) is 1.81. The summed E-state index contributed by atoms with van der Waals surface area (Å²) >= 11 is 0. The van der Waals surface area contributed by atoms with Crippen molar-refractivity contribution in [3.63, 3.8) is 0 Å². The van der Waals surface area contributed by atoms with Crippen LogP contribution in [0, 0.1) is 11.3 Å². The Hall–Kier alpha value is -0.0800. The molecule has 0 aliphatic heterocycles. The van der Waals surface area contributed by atoms with Crippen LogP contribution in [0.5, 0.6) is 0 Å². The molecule has 0 heterocycles. The summed E-state index contributed by atoms with van der Waals surface area (Å²) in [6, 6.07) is 0. The predicted octanol–water partition coefficient (Wildman–Crippen LogP) is 2.44. The molecule has 1 unspecified atom stereocenters. The van der Waals surface area contributed by atoms with Crippen LogP contribution in [0.25, 0.3) is 0 Å². The molecule has 1 rings (SSSR count). The highest BCUT2D eigenvalue weighted by molar-refractivity contribution is 4.90. The van der Waals surface area contributed by atoms with Gasteiger partial charge in [0.25, 0.3) is 0 Å². The number of methoxy groups -OCH3 is 1. The molecule has 1 aliphatic carbocycles. The van der Waals surface area contributed by atoms with Gasteiger partial charge in [0.15, 0.2) is 0 Å². The molecule has 1 saturated carbocycles. The van der Waals surface area contributed by atoms with Crippen LogP contribution in [0.2, 0.25) is 0 Å². The zero-order valence-electron chi connectivity index (χ0n) is 9.94. The van der Waals surface area contributed by atoms with Crippen molar-refractivity contribution >= 4 is 0 Å². The third-order valence-electron chi connectivity index (χ3n) is 3.79. The highest BCUT2D eigenvalue weighted by atomic mass is 16.5. The standard InChI is InChI=1S/C12H25NO/c1-4-13-10-12(7-5-6-8-12)11(2)9-14-3/h11,13H,4-10H2,1-3H3. The van der Waals surface area contributed by atoms with Gasteiger partial charge >= 0.3 is 0 Å². The third kappa shape index (κ3) is 2.71. The Kier molecular flexibility index (Phi) is 4.90. The summed E-state index contributed by atoms with van der Waals surface area (Å²) in [6.45, 7) is 7.69. The van der Waals surface area contributed by atoms with Crippen LogP contribution >= 0.6 is 0 Å². The number of hydrogen-bond donors (Lipinski definition) is 1. The maximum atomic E-state index is 5.29. The molecule has 1 fully saturated rings. The first kappa shape index (κ1) is 12.0. The van der Waals surface area contributed by atoms with Gasteiger partial charge in [-0.3, -0.25) is 0 Å². The van der Waals surface area contributed by atoms with Crippen molar-refractivity contribution in [3.05, 3.63) is 0 Å². The van der Waals surface area contributed by atoms with Gasteiger partial charge in [-0.05, 0) is 30.7 Å². The molecule has 2 nitrogen and oxygen atoms in total. The lowest BCUT2D eigenvalue weighted by Crippen LogP contribution is -2.39. The largest absolute Gasteiger partial charge is 0.384 e. The minimum atomic E-state index is 0.520. The highest BCUT2D eigenvalue weighted by Crippen LogP contribution is 2.43. The predicted molar refractivity (Wildman–Crippen MR) is 60.5 cm³/mol. The molecule has 0 amide bonds. The molecule has 0 radical (unpaired) electrons. The van der Waals surface area contributed by atoms with E-state index in [-0.39, 0.29) is 0 Å². The van der Waals surface area contributed by atoms with E-state index in [0.717, 1.165) is 13.2 Å². The van der Waals surface area contributed by atoms with Gasteiger partial charge in [-0.1, -0.05) is 26.7 Å². The average Bonchev–Trinajstić information content (AvgIpc) is 2.65. The van der Waals surface area contributed by atoms with E-state index in [1.807, 2.05) is 7.11 Å². The zero-order valence-corrected chi connectivity index (χ0v) is 9.94. The first-order valence-electron chi connectivity index (χ1n) is 5.95. The van der Waals surface area contributed by atoms with Crippen LogP contribution < -0.4 is 5.32 Å². The van der Waals surface area contributed by atoms with Crippen molar-refractivity contribution < 1.29 is 4.74 Å². The second kappa shape index (κ2) is 5.72. The van der Waals surface area contributed by atoms with E-state index in [1.54, 1.807) is 0 Å². The van der Waals surface area contributed by atoms with Gasteiger partial charge in [0.05, 0.1) is 0 Å². The molecule has 0 spiro atoms. The Labute approximate surface area is 88.4 Å². The van der Waals surface area contributed by atoms with Gasteiger partial charge in [-0.25, -0.2) is 0 Å². The molecule has 1 atom stereocenters. The minimum absolute atomic E-state index is 0.520. The summed E-state index contributed by atoms with van der Waals surface area (Å²) in [4.78, 5) is 0. The summed E-state index contributed by atoms with van der Waals surface area (Å²) in [5, 5.41) is 3.51. The molecule has 1 aliphatic rings. The number of nitrogens with one attached hydrogen (secondary N) is 1. The smallest absolute Gasteiger partial charge is 0.0493 e. The first-order valence-corrected chi connectivity index (χ1v) is 5.95. The molecule has 1 N–H and O–H groups in total. The van der Waals surface area contributed by atoms with Crippen LogP contribution in [-0.2, 0) is 4.74 Å². The molecule has 0 aromatic carbocycles. The topological polar surface area (TPSA) is 21.3 Å². The van der Waals surface area contributed by atoms with Gasteiger partial charge in [-0.15, -0.1) is 0 Å². The Morgan fingerprint density at radius 1 is 1.36 bits per heavy atom. The Morgan fingerprint density at radius 2 is 2.00 bits per heavy atom. The second-order valence-electron chi connectivity index (χ2n) is 4.71. The number of rotatable bonds is 6. The minimum Gasteiger partial charge on any atom is -0.384 e. The SMILES string of the molecule is CCNCC1(C(C)COC)CCCC1. The first-order chi connectivity index (χ1) is 6.75. The maximum absolute atomic E-state index is 5.29. The van der Waals surface area contributed by atoms with Crippen LogP contribution in [-0.4, -0.2) is 26.8 Å². The lowest BCUT2D eigenvalue weighted by molar-refractivity contribution is 0.0727. The summed E-state index contributed by atoms with van der Waals surface area (Å²) in [5.74, 6) is 0.689. The summed E-state index contributed by atoms with van der Waals surface area (Å²) < 4.78 is 5.29. The highest BCUT2D eigenvalue weighted by Gasteiger charge is 2.38. The normalized spacial score (nSPS) is 22.5. The van der Waals surface area contributed by atoms with Gasteiger partial charge in [0.2, 0.25) is 0 Å². The van der Waals surface area contributed by atoms with Gasteiger partial charge < -0.3 is 10.1 Å². The Balaban J connectivity index is 2.51. The van der Waals surface area contributed by atoms with Crippen molar-refractivity contribution in [1.82, 2.24) is 5.32 Å². The van der Waals surface area contributed by atoms with E-state index in [4.69, 9.17) is 4.74 Å². The quantitative estimate of drug-likeness (QED) is 0.709. The van der Waals surface area contributed by atoms with Crippen molar-refractivity contribution in [2.45, 2.75) is 39.5 Å². The van der Waals surface area contributed by atoms with Crippen LogP contribution in [0.4, 0.5) is 0 Å². The van der Waals surface area contributed by atoms with Crippen molar-refractivity contribution in [3.8, 4) is 0 Å². The fourth-order valence-corrected chi connectivity index (χ4v) is 2.72. The fraction of sp³-hybridized carbons (Fsp3) is 1.00. The summed E-state index contributed by atoms with van der Waals surface area (Å²) in [5.41, 5.74) is 0.520. The van der Waals surface area contributed by atoms with Crippen LogP contribution in [0.15, 0.2) is 0 Å². The van der Waals surface area contributed by atoms with E-state index in [0.29, 0.717) is 11.3 Å². The molecular weight excluding hydrogens is 174 g/mol.